The maximum Gasteiger partial charge on any atom is 0.0628 e. The molecule has 0 aliphatic carbocycles. The summed E-state index contributed by atoms with van der Waals surface area (Å²) in [6.07, 6.45) is 4.48. The predicted molar refractivity (Wildman–Crippen MR) is 64.4 cm³/mol. The topological polar surface area (TPSA) is 38.7 Å². The van der Waals surface area contributed by atoms with Gasteiger partial charge in [-0.15, -0.1) is 6.58 Å². The molecule has 0 spiro atoms. The Morgan fingerprint density at radius 2 is 2.25 bits per heavy atom. The molecule has 0 aromatic heterocycles. The fourth-order valence-electron chi connectivity index (χ4n) is 2.18. The van der Waals surface area contributed by atoms with E-state index in [0.717, 1.165) is 12.8 Å². The average Bonchev–Trinajstić information content (AvgIpc) is 2.26. The molecular weight excluding hydrogens is 204 g/mol. The molecule has 16 heavy (non-hydrogen) atoms. The van der Waals surface area contributed by atoms with E-state index in [2.05, 4.69) is 13.5 Å². The number of aliphatic hydroxyl groups is 1. The molecule has 3 heteroatoms. The van der Waals surface area contributed by atoms with Gasteiger partial charge in [-0.3, -0.25) is 0 Å². The molecule has 0 amide bonds. The van der Waals surface area contributed by atoms with Gasteiger partial charge in [0.15, 0.2) is 0 Å². The van der Waals surface area contributed by atoms with Crippen molar-refractivity contribution in [3.8, 4) is 0 Å². The molecule has 1 rings (SSSR count). The molecule has 5 atom stereocenters. The summed E-state index contributed by atoms with van der Waals surface area (Å²) in [6.45, 7) is 7.72. The number of ether oxygens (including phenoxy) is 2. The molecule has 0 bridgehead atoms. The Labute approximate surface area is 98.4 Å². The summed E-state index contributed by atoms with van der Waals surface area (Å²) in [4.78, 5) is 0. The zero-order valence-corrected chi connectivity index (χ0v) is 10.6. The molecule has 1 N–H and O–H groups in total. The van der Waals surface area contributed by atoms with E-state index in [9.17, 15) is 5.11 Å². The van der Waals surface area contributed by atoms with Gasteiger partial charge in [0.25, 0.3) is 0 Å². The van der Waals surface area contributed by atoms with Crippen LogP contribution >= 0.6 is 0 Å². The number of hydrogen-bond acceptors (Lipinski definition) is 3. The molecule has 0 aromatic rings. The van der Waals surface area contributed by atoms with Gasteiger partial charge in [0, 0.05) is 13.5 Å². The molecule has 1 saturated heterocycles. The van der Waals surface area contributed by atoms with Gasteiger partial charge in [0.05, 0.1) is 24.4 Å². The van der Waals surface area contributed by atoms with E-state index in [-0.39, 0.29) is 30.3 Å². The molecule has 0 radical (unpaired) electrons. The lowest BCUT2D eigenvalue weighted by atomic mass is 9.93. The second-order valence-corrected chi connectivity index (χ2v) is 4.80. The molecule has 1 aliphatic heterocycles. The standard InChI is InChI=1S/C13H24O3/c1-5-9(2)13(14)8-12-7-11(15-4)6-10(3)16-12/h5,9-14H,1,6-8H2,2-4H3/t9?,10-,11+,12+,13?/m0/s1. The molecule has 94 valence electrons. The summed E-state index contributed by atoms with van der Waals surface area (Å²) in [5, 5.41) is 9.92. The Morgan fingerprint density at radius 1 is 1.56 bits per heavy atom. The van der Waals surface area contributed by atoms with E-state index in [1.165, 1.54) is 0 Å². The maximum absolute atomic E-state index is 9.92. The number of methoxy groups -OCH3 is 1. The van der Waals surface area contributed by atoms with Crippen LogP contribution in [-0.2, 0) is 9.47 Å². The Balaban J connectivity index is 2.43. The van der Waals surface area contributed by atoms with E-state index in [0.29, 0.717) is 6.42 Å². The number of rotatable bonds is 5. The SMILES string of the molecule is C=CC(C)C(O)C[C@H]1C[C@H](OC)C[C@H](C)O1. The van der Waals surface area contributed by atoms with Gasteiger partial charge in [-0.1, -0.05) is 13.0 Å². The normalized spacial score (nSPS) is 34.4. The van der Waals surface area contributed by atoms with Crippen molar-refractivity contribution in [3.05, 3.63) is 12.7 Å². The van der Waals surface area contributed by atoms with Gasteiger partial charge in [0.2, 0.25) is 0 Å². The molecule has 1 fully saturated rings. The van der Waals surface area contributed by atoms with E-state index < -0.39 is 0 Å². The van der Waals surface area contributed by atoms with E-state index in [1.807, 2.05) is 6.92 Å². The molecular formula is C13H24O3. The Kier molecular flexibility index (Phi) is 5.46. The van der Waals surface area contributed by atoms with Crippen LogP contribution in [0, 0.1) is 5.92 Å². The highest BCUT2D eigenvalue weighted by Crippen LogP contribution is 2.25. The van der Waals surface area contributed by atoms with Gasteiger partial charge in [-0.25, -0.2) is 0 Å². The van der Waals surface area contributed by atoms with Gasteiger partial charge in [-0.05, 0) is 25.7 Å². The second kappa shape index (κ2) is 6.38. The van der Waals surface area contributed by atoms with Gasteiger partial charge in [0.1, 0.15) is 0 Å². The highest BCUT2D eigenvalue weighted by Gasteiger charge is 2.29. The summed E-state index contributed by atoms with van der Waals surface area (Å²) in [7, 11) is 1.74. The maximum atomic E-state index is 9.92. The lowest BCUT2D eigenvalue weighted by molar-refractivity contribution is -0.112. The molecule has 1 aliphatic rings. The summed E-state index contributed by atoms with van der Waals surface area (Å²) in [5.74, 6) is 0.113. The minimum absolute atomic E-state index is 0.103. The third kappa shape index (κ3) is 3.89. The van der Waals surface area contributed by atoms with Crippen LogP contribution in [0.2, 0.25) is 0 Å². The molecule has 1 heterocycles. The van der Waals surface area contributed by atoms with Gasteiger partial charge in [-0.2, -0.15) is 0 Å². The van der Waals surface area contributed by atoms with Crippen LogP contribution in [0.4, 0.5) is 0 Å². The van der Waals surface area contributed by atoms with Crippen molar-refractivity contribution < 1.29 is 14.6 Å². The summed E-state index contributed by atoms with van der Waals surface area (Å²) in [6, 6.07) is 0. The zero-order chi connectivity index (χ0) is 12.1. The minimum atomic E-state index is -0.370. The van der Waals surface area contributed by atoms with Crippen molar-refractivity contribution in [2.75, 3.05) is 7.11 Å². The molecule has 0 saturated carbocycles. The fraction of sp³-hybridized carbons (Fsp3) is 0.846. The van der Waals surface area contributed by atoms with Crippen LogP contribution in [0.25, 0.3) is 0 Å². The van der Waals surface area contributed by atoms with Crippen LogP contribution in [0.15, 0.2) is 12.7 Å². The summed E-state index contributed by atoms with van der Waals surface area (Å²) < 4.78 is 11.2. The smallest absolute Gasteiger partial charge is 0.0628 e. The fourth-order valence-corrected chi connectivity index (χ4v) is 2.18. The van der Waals surface area contributed by atoms with Crippen molar-refractivity contribution >= 4 is 0 Å². The first-order chi connectivity index (χ1) is 7.56. The first-order valence-electron chi connectivity index (χ1n) is 6.05. The van der Waals surface area contributed by atoms with Crippen molar-refractivity contribution in [1.82, 2.24) is 0 Å². The third-order valence-corrected chi connectivity index (χ3v) is 3.36. The molecule has 3 nitrogen and oxygen atoms in total. The van der Waals surface area contributed by atoms with Crippen molar-refractivity contribution in [3.63, 3.8) is 0 Å². The lowest BCUT2D eigenvalue weighted by Crippen LogP contribution is -2.37. The Morgan fingerprint density at radius 3 is 2.81 bits per heavy atom. The summed E-state index contributed by atoms with van der Waals surface area (Å²) in [5.41, 5.74) is 0. The first kappa shape index (κ1) is 13.7. The highest BCUT2D eigenvalue weighted by atomic mass is 16.5. The quantitative estimate of drug-likeness (QED) is 0.733. The van der Waals surface area contributed by atoms with Crippen molar-refractivity contribution in [1.29, 1.82) is 0 Å². The van der Waals surface area contributed by atoms with Gasteiger partial charge < -0.3 is 14.6 Å². The summed E-state index contributed by atoms with van der Waals surface area (Å²) >= 11 is 0. The molecule has 0 aromatic carbocycles. The monoisotopic (exact) mass is 228 g/mol. The van der Waals surface area contributed by atoms with Crippen LogP contribution < -0.4 is 0 Å². The second-order valence-electron chi connectivity index (χ2n) is 4.80. The van der Waals surface area contributed by atoms with Crippen LogP contribution in [0.5, 0.6) is 0 Å². The van der Waals surface area contributed by atoms with Crippen molar-refractivity contribution in [2.24, 2.45) is 5.92 Å². The molecule has 2 unspecified atom stereocenters. The van der Waals surface area contributed by atoms with Crippen LogP contribution in [0.3, 0.4) is 0 Å². The Hall–Kier alpha value is -0.380. The lowest BCUT2D eigenvalue weighted by Gasteiger charge is -2.34. The van der Waals surface area contributed by atoms with Crippen LogP contribution in [-0.4, -0.2) is 36.6 Å². The average molecular weight is 228 g/mol. The first-order valence-corrected chi connectivity index (χ1v) is 6.05. The zero-order valence-electron chi connectivity index (χ0n) is 10.6. The number of aliphatic hydroxyl groups excluding tert-OH is 1. The predicted octanol–water partition coefficient (Wildman–Crippen LogP) is 2.14. The minimum Gasteiger partial charge on any atom is -0.392 e. The van der Waals surface area contributed by atoms with E-state index >= 15 is 0 Å². The van der Waals surface area contributed by atoms with Crippen LogP contribution in [0.1, 0.15) is 33.1 Å². The highest BCUT2D eigenvalue weighted by molar-refractivity contribution is 4.85. The largest absolute Gasteiger partial charge is 0.392 e. The van der Waals surface area contributed by atoms with Gasteiger partial charge >= 0.3 is 0 Å². The number of hydrogen-bond donors (Lipinski definition) is 1. The Bertz CT molecular complexity index is 217. The van der Waals surface area contributed by atoms with Crippen molar-refractivity contribution in [2.45, 2.75) is 57.5 Å². The van der Waals surface area contributed by atoms with E-state index in [1.54, 1.807) is 13.2 Å². The third-order valence-electron chi connectivity index (χ3n) is 3.36. The van der Waals surface area contributed by atoms with E-state index in [4.69, 9.17) is 9.47 Å².